The molecule has 0 fully saturated rings. The van der Waals surface area contributed by atoms with Gasteiger partial charge < -0.3 is 4.42 Å². The quantitative estimate of drug-likeness (QED) is 0.129. The second kappa shape index (κ2) is 12.6. The van der Waals surface area contributed by atoms with Gasteiger partial charge in [-0.15, -0.1) is 0 Å². The maximum absolute atomic E-state index is 6.53. The summed E-state index contributed by atoms with van der Waals surface area (Å²) < 4.78 is 6.53. The van der Waals surface area contributed by atoms with E-state index >= 15 is 0 Å². The molecule has 0 saturated heterocycles. The van der Waals surface area contributed by atoms with Crippen LogP contribution in [0.3, 0.4) is 0 Å². The summed E-state index contributed by atoms with van der Waals surface area (Å²) in [7, 11) is 0. The molecule has 1 aliphatic rings. The molecule has 0 aliphatic heterocycles. The van der Waals surface area contributed by atoms with Crippen LogP contribution in [0.5, 0.6) is 0 Å². The van der Waals surface area contributed by atoms with Gasteiger partial charge in [-0.25, -0.2) is 0 Å². The van der Waals surface area contributed by atoms with E-state index in [4.69, 9.17) is 4.42 Å². The van der Waals surface area contributed by atoms with E-state index in [-0.39, 0.29) is 0 Å². The van der Waals surface area contributed by atoms with E-state index in [0.717, 1.165) is 27.5 Å². The fraction of sp³-hybridized carbons (Fsp3) is 0.0169. The van der Waals surface area contributed by atoms with E-state index in [1.807, 2.05) is 6.07 Å². The third-order valence-electron chi connectivity index (χ3n) is 13.3. The van der Waals surface area contributed by atoms with Crippen LogP contribution in [-0.2, 0) is 5.41 Å². The van der Waals surface area contributed by atoms with Crippen molar-refractivity contribution in [3.63, 3.8) is 0 Å². The second-order valence-electron chi connectivity index (χ2n) is 16.3. The molecule has 13 rings (SSSR count). The Bertz CT molecular complexity index is 3660. The number of benzene rings is 11. The third kappa shape index (κ3) is 4.58. The molecule has 60 heavy (non-hydrogen) atoms. The first-order valence-corrected chi connectivity index (χ1v) is 20.8. The average molecular weight is 761 g/mol. The summed E-state index contributed by atoms with van der Waals surface area (Å²) in [5.74, 6) is 0. The Morgan fingerprint density at radius 2 is 0.900 bits per heavy atom. The molecule has 0 unspecified atom stereocenters. The molecule has 278 valence electrons. The molecule has 12 aromatic rings. The summed E-state index contributed by atoms with van der Waals surface area (Å²) in [4.78, 5) is 0. The van der Waals surface area contributed by atoms with E-state index in [2.05, 4.69) is 212 Å². The molecule has 11 aromatic carbocycles. The van der Waals surface area contributed by atoms with Crippen molar-refractivity contribution in [2.75, 3.05) is 0 Å². The van der Waals surface area contributed by atoms with Crippen LogP contribution in [0.25, 0.3) is 98.4 Å². The predicted octanol–water partition coefficient (Wildman–Crippen LogP) is 15.9. The molecule has 0 amide bonds. The molecule has 0 N–H and O–H groups in total. The minimum absolute atomic E-state index is 0.595. The summed E-state index contributed by atoms with van der Waals surface area (Å²) in [6.07, 6.45) is 0. The van der Waals surface area contributed by atoms with E-state index in [1.165, 1.54) is 93.2 Å². The zero-order valence-corrected chi connectivity index (χ0v) is 32.7. The first kappa shape index (κ1) is 33.3. The molecular formula is C59H36O. The molecule has 1 aliphatic carbocycles. The lowest BCUT2D eigenvalue weighted by Crippen LogP contribution is -2.28. The highest BCUT2D eigenvalue weighted by molar-refractivity contribution is 6.21. The Hall–Kier alpha value is -7.74. The first-order chi connectivity index (χ1) is 29.8. The lowest BCUT2D eigenvalue weighted by Gasteiger charge is -2.35. The van der Waals surface area contributed by atoms with Gasteiger partial charge in [0.05, 0.1) is 5.41 Å². The summed E-state index contributed by atoms with van der Waals surface area (Å²) in [5, 5.41) is 12.3. The van der Waals surface area contributed by atoms with Crippen LogP contribution in [0.4, 0.5) is 0 Å². The molecule has 0 atom stereocenters. The standard InChI is InChI=1S/C59H36O/c1-3-17-42(18-4-1)59(43-19-5-2-6-20-43)53-25-13-11-24-49(53)57-50(40-30-31-47-46-23-12-14-26-54(46)60-55(47)36-40)33-39-27-28-41(35-51(39)58(57)59)56-45-22-10-8-16-38(45)34-52-44-21-9-7-15-37(44)29-32-48(52)56/h1-36H. The molecule has 0 bridgehead atoms. The van der Waals surface area contributed by atoms with Crippen LogP contribution < -0.4 is 0 Å². The topological polar surface area (TPSA) is 13.1 Å². The number of hydrogen-bond acceptors (Lipinski definition) is 1. The Morgan fingerprint density at radius 1 is 0.300 bits per heavy atom. The zero-order chi connectivity index (χ0) is 39.4. The minimum Gasteiger partial charge on any atom is -0.456 e. The van der Waals surface area contributed by atoms with Crippen molar-refractivity contribution in [1.82, 2.24) is 0 Å². The van der Waals surface area contributed by atoms with Gasteiger partial charge in [0, 0.05) is 10.8 Å². The van der Waals surface area contributed by atoms with Crippen LogP contribution in [-0.4, -0.2) is 0 Å². The maximum atomic E-state index is 6.53. The summed E-state index contributed by atoms with van der Waals surface area (Å²) >= 11 is 0. The van der Waals surface area contributed by atoms with Gasteiger partial charge in [-0.3, -0.25) is 0 Å². The smallest absolute Gasteiger partial charge is 0.136 e. The van der Waals surface area contributed by atoms with Crippen molar-refractivity contribution in [2.24, 2.45) is 0 Å². The van der Waals surface area contributed by atoms with Crippen molar-refractivity contribution in [2.45, 2.75) is 5.41 Å². The van der Waals surface area contributed by atoms with Gasteiger partial charge in [0.2, 0.25) is 0 Å². The Kier molecular flexibility index (Phi) is 7.00. The van der Waals surface area contributed by atoms with Gasteiger partial charge in [-0.1, -0.05) is 182 Å². The SMILES string of the molecule is c1ccc(C2(c3ccccc3)c3ccccc3-c3c(-c4ccc5c(c4)oc4ccccc45)cc4ccc(-c5c6ccccc6cc6c5ccc5ccccc56)cc4c32)cc1. The van der Waals surface area contributed by atoms with Gasteiger partial charge in [0.1, 0.15) is 11.2 Å². The normalized spacial score (nSPS) is 13.1. The number of rotatable bonds is 4. The summed E-state index contributed by atoms with van der Waals surface area (Å²) in [5.41, 5.74) is 13.7. The average Bonchev–Trinajstić information content (AvgIpc) is 3.85. The van der Waals surface area contributed by atoms with Crippen LogP contribution in [0.1, 0.15) is 22.3 Å². The molecule has 1 heterocycles. The fourth-order valence-electron chi connectivity index (χ4n) is 10.8. The third-order valence-corrected chi connectivity index (χ3v) is 13.3. The molecule has 1 heteroatoms. The van der Waals surface area contributed by atoms with Crippen LogP contribution in [0, 0.1) is 0 Å². The van der Waals surface area contributed by atoms with Gasteiger partial charge in [-0.05, 0) is 135 Å². The predicted molar refractivity (Wildman–Crippen MR) is 252 cm³/mol. The van der Waals surface area contributed by atoms with E-state index < -0.39 is 5.41 Å². The largest absolute Gasteiger partial charge is 0.456 e. The lowest BCUT2D eigenvalue weighted by atomic mass is 9.66. The van der Waals surface area contributed by atoms with E-state index in [0.29, 0.717) is 0 Å². The number of fused-ring (bicyclic) bond motifs is 12. The molecule has 1 nitrogen and oxygen atoms in total. The summed E-state index contributed by atoms with van der Waals surface area (Å²) in [6.45, 7) is 0. The highest BCUT2D eigenvalue weighted by Crippen LogP contribution is 2.61. The summed E-state index contributed by atoms with van der Waals surface area (Å²) in [6, 6.07) is 80.9. The van der Waals surface area contributed by atoms with Crippen LogP contribution >= 0.6 is 0 Å². The van der Waals surface area contributed by atoms with Crippen molar-refractivity contribution in [1.29, 1.82) is 0 Å². The molecule has 0 spiro atoms. The van der Waals surface area contributed by atoms with E-state index in [9.17, 15) is 0 Å². The Balaban J connectivity index is 1.19. The zero-order valence-electron chi connectivity index (χ0n) is 32.7. The van der Waals surface area contributed by atoms with Gasteiger partial charge in [0.25, 0.3) is 0 Å². The van der Waals surface area contributed by atoms with Crippen molar-refractivity contribution < 1.29 is 4.42 Å². The second-order valence-corrected chi connectivity index (χ2v) is 16.3. The highest BCUT2D eigenvalue weighted by Gasteiger charge is 2.48. The monoisotopic (exact) mass is 760 g/mol. The number of hydrogen-bond donors (Lipinski definition) is 0. The maximum Gasteiger partial charge on any atom is 0.136 e. The highest BCUT2D eigenvalue weighted by atomic mass is 16.3. The Labute approximate surface area is 347 Å². The van der Waals surface area contributed by atoms with Gasteiger partial charge in [0.15, 0.2) is 0 Å². The van der Waals surface area contributed by atoms with Gasteiger partial charge >= 0.3 is 0 Å². The lowest BCUT2D eigenvalue weighted by molar-refractivity contribution is 0.669. The number of para-hydroxylation sites is 1. The molecule has 1 aromatic heterocycles. The molecule has 0 radical (unpaired) electrons. The van der Waals surface area contributed by atoms with Crippen LogP contribution in [0.15, 0.2) is 223 Å². The minimum atomic E-state index is -0.595. The van der Waals surface area contributed by atoms with Crippen molar-refractivity contribution >= 4 is 65.0 Å². The van der Waals surface area contributed by atoms with Crippen molar-refractivity contribution in [3.05, 3.63) is 241 Å². The fourth-order valence-corrected chi connectivity index (χ4v) is 10.8. The Morgan fingerprint density at radius 3 is 1.72 bits per heavy atom. The van der Waals surface area contributed by atoms with Crippen molar-refractivity contribution in [3.8, 4) is 33.4 Å². The van der Waals surface area contributed by atoms with Crippen LogP contribution in [0.2, 0.25) is 0 Å². The van der Waals surface area contributed by atoms with Gasteiger partial charge in [-0.2, -0.15) is 0 Å². The van der Waals surface area contributed by atoms with E-state index in [1.54, 1.807) is 0 Å². The number of furan rings is 1. The molecular weight excluding hydrogens is 725 g/mol. The first-order valence-electron chi connectivity index (χ1n) is 20.8. The molecule has 0 saturated carbocycles.